The lowest BCUT2D eigenvalue weighted by atomic mass is 10.1. The molecule has 172 valence electrons. The quantitative estimate of drug-likeness (QED) is 0.216. The second-order valence-electron chi connectivity index (χ2n) is 9.44. The minimum Gasteiger partial charge on any atom is -0.497 e. The van der Waals surface area contributed by atoms with Gasteiger partial charge in [-0.1, -0.05) is 72.4 Å². The molecule has 0 aliphatic rings. The second-order valence-corrected chi connectivity index (χ2v) is 13.6. The predicted molar refractivity (Wildman–Crippen MR) is 145 cm³/mol. The molecule has 0 N–H and O–H groups in total. The van der Waals surface area contributed by atoms with Gasteiger partial charge in [-0.05, 0) is 73.6 Å². The van der Waals surface area contributed by atoms with Crippen LogP contribution in [0.1, 0.15) is 31.9 Å². The third-order valence-corrected chi connectivity index (χ3v) is 10.0. The highest BCUT2D eigenvalue weighted by Gasteiger charge is 2.34. The van der Waals surface area contributed by atoms with E-state index in [0.717, 1.165) is 23.1 Å². The van der Waals surface area contributed by atoms with Crippen molar-refractivity contribution in [2.24, 2.45) is 4.99 Å². The van der Waals surface area contributed by atoms with Crippen LogP contribution in [0, 0.1) is 0 Å². The molecule has 0 aliphatic carbocycles. The molecule has 0 heterocycles. The fourth-order valence-electron chi connectivity index (χ4n) is 3.89. The van der Waals surface area contributed by atoms with Crippen molar-refractivity contribution in [3.05, 3.63) is 90.0 Å². The summed E-state index contributed by atoms with van der Waals surface area (Å²) in [5.41, 5.74) is 2.28. The molecule has 1 unspecified atom stereocenters. The highest BCUT2D eigenvalue weighted by atomic mass is 28.3. The molecule has 0 saturated carbocycles. The molecule has 3 nitrogen and oxygen atoms in total. The Morgan fingerprint density at radius 3 is 1.88 bits per heavy atom. The van der Waals surface area contributed by atoms with E-state index in [2.05, 4.69) is 94.2 Å². The molecule has 3 aromatic rings. The van der Waals surface area contributed by atoms with Crippen LogP contribution in [0.3, 0.4) is 0 Å². The molecule has 3 rings (SSSR count). The minimum absolute atomic E-state index is 0.0913. The Bertz CT molecular complexity index is 1080. The summed E-state index contributed by atoms with van der Waals surface area (Å²) in [6.07, 6.45) is 4.48. The van der Waals surface area contributed by atoms with Crippen LogP contribution in [0.5, 0.6) is 11.5 Å². The van der Waals surface area contributed by atoms with Gasteiger partial charge < -0.3 is 9.47 Å². The number of rotatable bonds is 8. The van der Waals surface area contributed by atoms with E-state index in [1.54, 1.807) is 14.2 Å². The standard InChI is InChI=1S/C29H35NO2Si/c1-29(2,3)30-20-21-33(6,27-10-8-7-9-11-27)28(24-14-18-26(32-5)19-15-24)22-23-12-16-25(31-4)17-13-23/h7-20,22H,21H2,1-6H3/b28-22+,30-20?. The first-order valence-electron chi connectivity index (χ1n) is 11.3. The van der Waals surface area contributed by atoms with Crippen LogP contribution in [-0.2, 0) is 0 Å². The number of methoxy groups -OCH3 is 2. The van der Waals surface area contributed by atoms with Crippen LogP contribution < -0.4 is 14.7 Å². The molecule has 4 heteroatoms. The van der Waals surface area contributed by atoms with Gasteiger partial charge in [-0.3, -0.25) is 4.99 Å². The normalized spacial score (nSPS) is 14.2. The molecule has 0 fully saturated rings. The zero-order chi connectivity index (χ0) is 23.9. The number of hydrogen-bond donors (Lipinski definition) is 0. The summed E-state index contributed by atoms with van der Waals surface area (Å²) < 4.78 is 10.8. The first-order valence-corrected chi connectivity index (χ1v) is 14.1. The SMILES string of the molecule is COc1ccc(/C=C(\c2ccc(OC)cc2)[Si](C)(CC=NC(C)(C)C)c2ccccc2)cc1. The van der Waals surface area contributed by atoms with Crippen LogP contribution in [0.25, 0.3) is 11.3 Å². The van der Waals surface area contributed by atoms with Gasteiger partial charge >= 0.3 is 0 Å². The highest BCUT2D eigenvalue weighted by molar-refractivity contribution is 7.07. The minimum atomic E-state index is -2.19. The van der Waals surface area contributed by atoms with E-state index in [1.165, 1.54) is 15.9 Å². The summed E-state index contributed by atoms with van der Waals surface area (Å²) >= 11 is 0. The first kappa shape index (κ1) is 24.5. The summed E-state index contributed by atoms with van der Waals surface area (Å²) in [5.74, 6) is 1.72. The molecular formula is C29H35NO2Si. The molecule has 0 radical (unpaired) electrons. The maximum Gasteiger partial charge on any atom is 0.121 e. The Kier molecular flexibility index (Phi) is 7.93. The van der Waals surface area contributed by atoms with E-state index in [1.807, 2.05) is 24.3 Å². The van der Waals surface area contributed by atoms with E-state index >= 15 is 0 Å². The summed E-state index contributed by atoms with van der Waals surface area (Å²) in [4.78, 5) is 4.85. The Hall–Kier alpha value is -3.11. The maximum absolute atomic E-state index is 5.42. The number of ether oxygens (including phenoxy) is 2. The zero-order valence-corrected chi connectivity index (χ0v) is 21.6. The van der Waals surface area contributed by atoms with Crippen molar-refractivity contribution in [1.82, 2.24) is 0 Å². The number of benzene rings is 3. The van der Waals surface area contributed by atoms with Gasteiger partial charge in [0.15, 0.2) is 0 Å². The predicted octanol–water partition coefficient (Wildman–Crippen LogP) is 6.64. The topological polar surface area (TPSA) is 30.8 Å². The average molecular weight is 458 g/mol. The Labute approximate surface area is 199 Å². The first-order chi connectivity index (χ1) is 15.7. The molecule has 1 atom stereocenters. The third kappa shape index (κ3) is 6.45. The van der Waals surface area contributed by atoms with Crippen LogP contribution in [0.4, 0.5) is 0 Å². The van der Waals surface area contributed by atoms with Crippen molar-refractivity contribution in [2.45, 2.75) is 38.9 Å². The number of nitrogens with zero attached hydrogens (tertiary/aromatic N) is 1. The van der Waals surface area contributed by atoms with E-state index in [-0.39, 0.29) is 5.54 Å². The Morgan fingerprint density at radius 1 is 0.818 bits per heavy atom. The van der Waals surface area contributed by atoms with E-state index < -0.39 is 8.07 Å². The van der Waals surface area contributed by atoms with Gasteiger partial charge in [0.25, 0.3) is 0 Å². The molecular weight excluding hydrogens is 422 g/mol. The smallest absolute Gasteiger partial charge is 0.121 e. The van der Waals surface area contributed by atoms with Gasteiger partial charge in [0.2, 0.25) is 0 Å². The molecule has 0 aromatic heterocycles. The molecule has 3 aromatic carbocycles. The number of aliphatic imine (C=N–C) groups is 1. The lowest BCUT2D eigenvalue weighted by Gasteiger charge is -2.31. The molecule has 0 amide bonds. The molecule has 33 heavy (non-hydrogen) atoms. The van der Waals surface area contributed by atoms with E-state index in [0.29, 0.717) is 0 Å². The van der Waals surface area contributed by atoms with Crippen molar-refractivity contribution >= 4 is 30.7 Å². The third-order valence-electron chi connectivity index (χ3n) is 5.81. The Balaban J connectivity index is 2.19. The van der Waals surface area contributed by atoms with Crippen molar-refractivity contribution in [3.8, 4) is 11.5 Å². The van der Waals surface area contributed by atoms with Crippen molar-refractivity contribution < 1.29 is 9.47 Å². The van der Waals surface area contributed by atoms with Gasteiger partial charge in [0.05, 0.1) is 19.8 Å². The van der Waals surface area contributed by atoms with Crippen molar-refractivity contribution in [2.75, 3.05) is 14.2 Å². The van der Waals surface area contributed by atoms with Crippen LogP contribution >= 0.6 is 0 Å². The summed E-state index contributed by atoms with van der Waals surface area (Å²) in [5, 5.41) is 2.75. The Morgan fingerprint density at radius 2 is 1.36 bits per heavy atom. The molecule has 0 bridgehead atoms. The van der Waals surface area contributed by atoms with Crippen molar-refractivity contribution in [3.63, 3.8) is 0 Å². The second kappa shape index (κ2) is 10.7. The van der Waals surface area contributed by atoms with Gasteiger partial charge in [0.1, 0.15) is 19.6 Å². The maximum atomic E-state index is 5.42. The van der Waals surface area contributed by atoms with Crippen LogP contribution in [0.2, 0.25) is 12.6 Å². The monoisotopic (exact) mass is 457 g/mol. The summed E-state index contributed by atoms with van der Waals surface area (Å²) in [6.45, 7) is 8.87. The zero-order valence-electron chi connectivity index (χ0n) is 20.6. The van der Waals surface area contributed by atoms with Gasteiger partial charge in [-0.15, -0.1) is 0 Å². The summed E-state index contributed by atoms with van der Waals surface area (Å²) in [6, 6.07) is 28.5. The van der Waals surface area contributed by atoms with E-state index in [9.17, 15) is 0 Å². The largest absolute Gasteiger partial charge is 0.497 e. The van der Waals surface area contributed by atoms with Crippen molar-refractivity contribution in [1.29, 1.82) is 0 Å². The number of hydrogen-bond acceptors (Lipinski definition) is 3. The van der Waals surface area contributed by atoms with Gasteiger partial charge in [-0.25, -0.2) is 0 Å². The fraction of sp³-hybridized carbons (Fsp3) is 0.276. The fourth-order valence-corrected chi connectivity index (χ4v) is 7.33. The van der Waals surface area contributed by atoms with Gasteiger partial charge in [0, 0.05) is 0 Å². The molecule has 0 aliphatic heterocycles. The lowest BCUT2D eigenvalue weighted by molar-refractivity contribution is 0.414. The van der Waals surface area contributed by atoms with E-state index in [4.69, 9.17) is 14.5 Å². The lowest BCUT2D eigenvalue weighted by Crippen LogP contribution is -2.46. The summed E-state index contributed by atoms with van der Waals surface area (Å²) in [7, 11) is 1.21. The highest BCUT2D eigenvalue weighted by Crippen LogP contribution is 2.32. The van der Waals surface area contributed by atoms with Gasteiger partial charge in [-0.2, -0.15) is 0 Å². The van der Waals surface area contributed by atoms with Crippen LogP contribution in [0.15, 0.2) is 83.9 Å². The van der Waals surface area contributed by atoms with Crippen LogP contribution in [-0.4, -0.2) is 34.0 Å². The molecule has 0 saturated heterocycles. The average Bonchev–Trinajstić information content (AvgIpc) is 2.82. The molecule has 0 spiro atoms.